The van der Waals surface area contributed by atoms with Gasteiger partial charge >= 0.3 is 13.1 Å². The summed E-state index contributed by atoms with van der Waals surface area (Å²) >= 11 is 0. The number of carbonyl (C=O) groups excluding carboxylic acids is 1. The Morgan fingerprint density at radius 3 is 2.58 bits per heavy atom. The number of aliphatic carboxylic acids is 1. The van der Waals surface area contributed by atoms with Crippen LogP contribution in [-0.4, -0.2) is 51.8 Å². The lowest BCUT2D eigenvalue weighted by Crippen LogP contribution is -2.53. The Bertz CT molecular complexity index is 490. The number of rotatable bonds is 7. The molecule has 6 atom stereocenters. The number of hydrogen-bond donors (Lipinski definition) is 6. The molecule has 0 aliphatic heterocycles. The molecule has 0 spiro atoms. The molecular formula is C15H28BN3O5. The van der Waals surface area contributed by atoms with Crippen molar-refractivity contribution in [1.82, 2.24) is 5.32 Å². The van der Waals surface area contributed by atoms with Crippen LogP contribution in [0.15, 0.2) is 0 Å². The van der Waals surface area contributed by atoms with E-state index in [-0.39, 0.29) is 36.0 Å². The van der Waals surface area contributed by atoms with E-state index in [0.717, 1.165) is 0 Å². The normalized spacial score (nSPS) is 36.2. The lowest BCUT2D eigenvalue weighted by molar-refractivity contribution is -0.145. The minimum Gasteiger partial charge on any atom is -0.480 e. The maximum atomic E-state index is 11.8. The van der Waals surface area contributed by atoms with Gasteiger partial charge in [0.1, 0.15) is 5.54 Å². The molecule has 136 valence electrons. The van der Waals surface area contributed by atoms with Crippen LogP contribution in [0.4, 0.5) is 0 Å². The minimum absolute atomic E-state index is 0.00257. The zero-order valence-electron chi connectivity index (χ0n) is 14.0. The maximum Gasteiger partial charge on any atom is 0.451 e. The highest BCUT2D eigenvalue weighted by molar-refractivity contribution is 6.40. The van der Waals surface area contributed by atoms with E-state index < -0.39 is 24.7 Å². The summed E-state index contributed by atoms with van der Waals surface area (Å²) < 4.78 is 0. The van der Waals surface area contributed by atoms with Crippen LogP contribution in [-0.2, 0) is 9.59 Å². The number of nitrogens with one attached hydrogen (secondary N) is 1. The molecular weight excluding hydrogens is 313 g/mol. The van der Waals surface area contributed by atoms with E-state index in [0.29, 0.717) is 32.1 Å². The zero-order chi connectivity index (χ0) is 18.1. The molecule has 0 heterocycles. The molecule has 0 saturated heterocycles. The Morgan fingerprint density at radius 2 is 2.04 bits per heavy atom. The lowest BCUT2D eigenvalue weighted by Gasteiger charge is -2.31. The molecule has 0 bridgehead atoms. The van der Waals surface area contributed by atoms with Gasteiger partial charge in [-0.05, 0) is 56.7 Å². The van der Waals surface area contributed by atoms with Crippen LogP contribution < -0.4 is 16.8 Å². The van der Waals surface area contributed by atoms with Crippen molar-refractivity contribution in [3.05, 3.63) is 0 Å². The first-order valence-corrected chi connectivity index (χ1v) is 8.59. The Kier molecular flexibility index (Phi) is 5.90. The number of carboxylic acid groups (broad SMARTS) is 1. The summed E-state index contributed by atoms with van der Waals surface area (Å²) in [6.45, 7) is 1.63. The van der Waals surface area contributed by atoms with E-state index in [9.17, 15) is 14.7 Å². The number of amides is 1. The highest BCUT2D eigenvalue weighted by atomic mass is 16.4. The van der Waals surface area contributed by atoms with E-state index in [1.165, 1.54) is 0 Å². The Morgan fingerprint density at radius 1 is 1.38 bits per heavy atom. The third kappa shape index (κ3) is 3.91. The van der Waals surface area contributed by atoms with Crippen molar-refractivity contribution in [2.45, 2.75) is 63.0 Å². The molecule has 24 heavy (non-hydrogen) atoms. The molecule has 2 aliphatic rings. The monoisotopic (exact) mass is 341 g/mol. The summed E-state index contributed by atoms with van der Waals surface area (Å²) in [5, 5.41) is 30.5. The van der Waals surface area contributed by atoms with Crippen molar-refractivity contribution in [3.63, 3.8) is 0 Å². The molecule has 8 nitrogen and oxygen atoms in total. The van der Waals surface area contributed by atoms with Crippen molar-refractivity contribution in [2.24, 2.45) is 29.2 Å². The molecule has 2 fully saturated rings. The van der Waals surface area contributed by atoms with Gasteiger partial charge in [-0.1, -0.05) is 6.42 Å². The number of carboxylic acids is 1. The molecule has 1 unspecified atom stereocenters. The van der Waals surface area contributed by atoms with Crippen LogP contribution in [0.3, 0.4) is 0 Å². The molecule has 0 aromatic rings. The average Bonchev–Trinajstić information content (AvgIpc) is 2.95. The molecule has 0 radical (unpaired) electrons. The first-order valence-electron chi connectivity index (χ1n) is 8.59. The van der Waals surface area contributed by atoms with Gasteiger partial charge in [-0.2, -0.15) is 0 Å². The van der Waals surface area contributed by atoms with Gasteiger partial charge in [0.15, 0.2) is 0 Å². The molecule has 2 aliphatic carbocycles. The smallest absolute Gasteiger partial charge is 0.451 e. The van der Waals surface area contributed by atoms with Crippen LogP contribution in [0, 0.1) is 17.8 Å². The van der Waals surface area contributed by atoms with Crippen molar-refractivity contribution in [2.75, 3.05) is 0 Å². The third-order valence-electron chi connectivity index (χ3n) is 5.66. The fraction of sp³-hybridized carbons (Fsp3) is 0.867. The van der Waals surface area contributed by atoms with E-state index in [1.54, 1.807) is 6.92 Å². The fourth-order valence-corrected chi connectivity index (χ4v) is 4.54. The van der Waals surface area contributed by atoms with Crippen molar-refractivity contribution >= 4 is 19.0 Å². The second-order valence-corrected chi connectivity index (χ2v) is 7.46. The molecule has 9 heteroatoms. The summed E-state index contributed by atoms with van der Waals surface area (Å²) in [5.41, 5.74) is 10.5. The van der Waals surface area contributed by atoms with Crippen LogP contribution in [0.1, 0.15) is 39.0 Å². The zero-order valence-corrected chi connectivity index (χ0v) is 14.0. The van der Waals surface area contributed by atoms with Crippen LogP contribution in [0.2, 0.25) is 6.32 Å². The van der Waals surface area contributed by atoms with E-state index in [4.69, 9.17) is 21.5 Å². The van der Waals surface area contributed by atoms with Crippen LogP contribution in [0.25, 0.3) is 0 Å². The summed E-state index contributed by atoms with van der Waals surface area (Å²) in [6, 6.07) is -0.567. The first kappa shape index (κ1) is 19.2. The summed E-state index contributed by atoms with van der Waals surface area (Å²) in [4.78, 5) is 23.5. The molecule has 1 amide bonds. The minimum atomic E-state index is -1.39. The fourth-order valence-electron chi connectivity index (χ4n) is 4.54. The molecule has 8 N–H and O–H groups in total. The lowest BCUT2D eigenvalue weighted by atomic mass is 9.75. The van der Waals surface area contributed by atoms with E-state index in [1.807, 2.05) is 0 Å². The summed E-state index contributed by atoms with van der Waals surface area (Å²) in [5.74, 6) is -1.13. The maximum absolute atomic E-state index is 11.8. The predicted molar refractivity (Wildman–Crippen MR) is 88.7 cm³/mol. The topological polar surface area (TPSA) is 159 Å². The Hall–Kier alpha value is -1.16. The van der Waals surface area contributed by atoms with Crippen molar-refractivity contribution < 1.29 is 24.7 Å². The van der Waals surface area contributed by atoms with E-state index >= 15 is 0 Å². The Labute approximate surface area is 142 Å². The summed E-state index contributed by atoms with van der Waals surface area (Å²) in [6.07, 6.45) is 3.05. The number of fused-ring (bicyclic) bond motifs is 1. The highest BCUT2D eigenvalue weighted by Gasteiger charge is 2.58. The standard InChI is InChI=1S/C15H28BN3O5/c1-8(17)13(20)19-10-5-9-7-15(18,14(21)22)12(11(9)6-10)3-2-4-16(23)24/h8-12,23-24H,2-7,17-18H2,1H3,(H,19,20)(H,21,22)/t8?,9-,10+,11-,12+,15+/m1/s1. The van der Waals surface area contributed by atoms with Crippen molar-refractivity contribution in [3.8, 4) is 0 Å². The van der Waals surface area contributed by atoms with Gasteiger partial charge in [0.2, 0.25) is 5.91 Å². The molecule has 2 saturated carbocycles. The number of nitrogens with two attached hydrogens (primary N) is 2. The Balaban J connectivity index is 2.04. The summed E-state index contributed by atoms with van der Waals surface area (Å²) in [7, 11) is -1.39. The second kappa shape index (κ2) is 7.39. The van der Waals surface area contributed by atoms with Gasteiger partial charge in [-0.25, -0.2) is 0 Å². The second-order valence-electron chi connectivity index (χ2n) is 7.46. The third-order valence-corrected chi connectivity index (χ3v) is 5.66. The van der Waals surface area contributed by atoms with Gasteiger partial charge in [0, 0.05) is 6.04 Å². The van der Waals surface area contributed by atoms with Crippen LogP contribution in [0.5, 0.6) is 0 Å². The highest BCUT2D eigenvalue weighted by Crippen LogP contribution is 2.53. The SMILES string of the molecule is CC(N)C(=O)N[C@H]1C[C@@H]2C[C@@](N)(C(=O)O)[C@@H](CCCB(O)O)[C@@H]2C1. The molecule has 0 aromatic carbocycles. The molecule has 0 aromatic heterocycles. The van der Waals surface area contributed by atoms with E-state index in [2.05, 4.69) is 5.32 Å². The predicted octanol–water partition coefficient (Wildman–Crippen LogP) is -1.10. The largest absolute Gasteiger partial charge is 0.480 e. The van der Waals surface area contributed by atoms with Crippen LogP contribution >= 0.6 is 0 Å². The van der Waals surface area contributed by atoms with Gasteiger partial charge in [-0.15, -0.1) is 0 Å². The van der Waals surface area contributed by atoms with Gasteiger partial charge in [0.05, 0.1) is 6.04 Å². The van der Waals surface area contributed by atoms with Crippen molar-refractivity contribution in [1.29, 1.82) is 0 Å². The van der Waals surface area contributed by atoms with Gasteiger partial charge in [-0.3, -0.25) is 9.59 Å². The number of carbonyl (C=O) groups is 2. The average molecular weight is 341 g/mol. The van der Waals surface area contributed by atoms with Gasteiger partial charge in [0.25, 0.3) is 0 Å². The quantitative estimate of drug-likeness (QED) is 0.321. The first-order chi connectivity index (χ1) is 11.1. The number of hydrogen-bond acceptors (Lipinski definition) is 6. The van der Waals surface area contributed by atoms with Gasteiger partial charge < -0.3 is 31.9 Å². The molecule has 2 rings (SSSR count).